The molecule has 5 heteroatoms. The fraction of sp³-hybridized carbons (Fsp3) is 0.471. The standard InChI is InChI=1S/C17H19F3O2/c1-2-13(12-8-4-3-5-9-12)14-10-6-7-11-15(14)22-16(21)17(18,19)20/h3-5,8-9,13H,2,6-7,10-11H2,1H3/t13-/m1/s1. The second-order valence-corrected chi connectivity index (χ2v) is 5.41. The summed E-state index contributed by atoms with van der Waals surface area (Å²) in [5, 5.41) is 0. The molecule has 1 aliphatic carbocycles. The maximum Gasteiger partial charge on any atom is 0.491 e. The van der Waals surface area contributed by atoms with Crippen LogP contribution in [0.5, 0.6) is 0 Å². The molecule has 0 N–H and O–H groups in total. The van der Waals surface area contributed by atoms with E-state index in [1.54, 1.807) is 0 Å². The molecule has 1 aliphatic rings. The van der Waals surface area contributed by atoms with Gasteiger partial charge in [-0.15, -0.1) is 0 Å². The van der Waals surface area contributed by atoms with Crippen LogP contribution >= 0.6 is 0 Å². The smallest absolute Gasteiger partial charge is 0.424 e. The van der Waals surface area contributed by atoms with E-state index in [0.29, 0.717) is 12.8 Å². The van der Waals surface area contributed by atoms with Crippen molar-refractivity contribution in [2.45, 2.75) is 51.1 Å². The largest absolute Gasteiger partial charge is 0.491 e. The summed E-state index contributed by atoms with van der Waals surface area (Å²) in [6, 6.07) is 9.62. The van der Waals surface area contributed by atoms with Crippen molar-refractivity contribution >= 4 is 5.97 Å². The van der Waals surface area contributed by atoms with Gasteiger partial charge in [0.1, 0.15) is 5.76 Å². The minimum Gasteiger partial charge on any atom is -0.424 e. The maximum atomic E-state index is 12.4. The van der Waals surface area contributed by atoms with Crippen molar-refractivity contribution in [2.24, 2.45) is 0 Å². The second kappa shape index (κ2) is 6.99. The van der Waals surface area contributed by atoms with E-state index in [9.17, 15) is 18.0 Å². The highest BCUT2D eigenvalue weighted by Crippen LogP contribution is 2.38. The first kappa shape index (κ1) is 16.6. The Balaban J connectivity index is 2.32. The Morgan fingerprint density at radius 1 is 1.18 bits per heavy atom. The second-order valence-electron chi connectivity index (χ2n) is 5.41. The average Bonchev–Trinajstić information content (AvgIpc) is 2.50. The van der Waals surface area contributed by atoms with Crippen molar-refractivity contribution < 1.29 is 22.7 Å². The number of esters is 1. The van der Waals surface area contributed by atoms with E-state index < -0.39 is 12.1 Å². The van der Waals surface area contributed by atoms with Crippen LogP contribution in [-0.4, -0.2) is 12.1 Å². The summed E-state index contributed by atoms with van der Waals surface area (Å²) in [5.41, 5.74) is 1.88. The van der Waals surface area contributed by atoms with Crippen LogP contribution in [0.2, 0.25) is 0 Å². The molecule has 1 atom stereocenters. The minimum absolute atomic E-state index is 0.00228. The highest BCUT2D eigenvalue weighted by molar-refractivity contribution is 5.76. The number of ether oxygens (including phenoxy) is 1. The van der Waals surface area contributed by atoms with Gasteiger partial charge in [0.15, 0.2) is 0 Å². The van der Waals surface area contributed by atoms with Crippen LogP contribution in [0.15, 0.2) is 41.7 Å². The number of hydrogen-bond donors (Lipinski definition) is 0. The van der Waals surface area contributed by atoms with Crippen molar-refractivity contribution in [1.29, 1.82) is 0 Å². The maximum absolute atomic E-state index is 12.4. The normalized spacial score (nSPS) is 17.3. The van der Waals surface area contributed by atoms with Crippen molar-refractivity contribution in [3.63, 3.8) is 0 Å². The van der Waals surface area contributed by atoms with Crippen LogP contribution in [0.25, 0.3) is 0 Å². The van der Waals surface area contributed by atoms with Gasteiger partial charge >= 0.3 is 12.1 Å². The molecule has 0 radical (unpaired) electrons. The number of rotatable bonds is 4. The zero-order chi connectivity index (χ0) is 16.2. The monoisotopic (exact) mass is 312 g/mol. The molecular formula is C17H19F3O2. The third kappa shape index (κ3) is 3.90. The van der Waals surface area contributed by atoms with Crippen LogP contribution in [0.4, 0.5) is 13.2 Å². The predicted octanol–water partition coefficient (Wildman–Crippen LogP) is 5.11. The summed E-state index contributed by atoms with van der Waals surface area (Å²) in [6.45, 7) is 1.99. The molecule has 0 spiro atoms. The van der Waals surface area contributed by atoms with Gasteiger partial charge in [-0.05, 0) is 36.8 Å². The lowest BCUT2D eigenvalue weighted by molar-refractivity contribution is -0.195. The summed E-state index contributed by atoms with van der Waals surface area (Å²) in [7, 11) is 0. The molecule has 0 saturated heterocycles. The van der Waals surface area contributed by atoms with E-state index in [0.717, 1.165) is 30.4 Å². The third-order valence-electron chi connectivity index (χ3n) is 3.94. The zero-order valence-electron chi connectivity index (χ0n) is 12.5. The van der Waals surface area contributed by atoms with Crippen LogP contribution in [-0.2, 0) is 9.53 Å². The van der Waals surface area contributed by atoms with E-state index in [1.807, 2.05) is 37.3 Å². The Hall–Kier alpha value is -1.78. The lowest BCUT2D eigenvalue weighted by Crippen LogP contribution is -2.26. The average molecular weight is 312 g/mol. The number of allylic oxidation sites excluding steroid dienone is 2. The van der Waals surface area contributed by atoms with Crippen LogP contribution in [0.3, 0.4) is 0 Å². The van der Waals surface area contributed by atoms with Gasteiger partial charge < -0.3 is 4.74 Å². The molecule has 0 unspecified atom stereocenters. The van der Waals surface area contributed by atoms with Gasteiger partial charge in [0.25, 0.3) is 0 Å². The SMILES string of the molecule is CC[C@@H](C1=C(OC(=O)C(F)(F)F)CCCC1)c1ccccc1. The van der Waals surface area contributed by atoms with Gasteiger partial charge in [0.05, 0.1) is 0 Å². The first-order valence-electron chi connectivity index (χ1n) is 7.49. The van der Waals surface area contributed by atoms with E-state index in [4.69, 9.17) is 0 Å². The Morgan fingerprint density at radius 2 is 1.82 bits per heavy atom. The Bertz CT molecular complexity index is 547. The molecule has 0 amide bonds. The predicted molar refractivity (Wildman–Crippen MR) is 77.1 cm³/mol. The minimum atomic E-state index is -4.95. The van der Waals surface area contributed by atoms with Gasteiger partial charge in [0, 0.05) is 12.3 Å². The molecule has 22 heavy (non-hydrogen) atoms. The van der Waals surface area contributed by atoms with E-state index in [2.05, 4.69) is 4.74 Å². The van der Waals surface area contributed by atoms with E-state index in [-0.39, 0.29) is 11.7 Å². The van der Waals surface area contributed by atoms with Crippen LogP contribution in [0.1, 0.15) is 50.5 Å². The molecule has 2 nitrogen and oxygen atoms in total. The van der Waals surface area contributed by atoms with Crippen LogP contribution in [0, 0.1) is 0 Å². The molecular weight excluding hydrogens is 293 g/mol. The lowest BCUT2D eigenvalue weighted by Gasteiger charge is -2.26. The zero-order valence-corrected chi connectivity index (χ0v) is 12.5. The summed E-state index contributed by atoms with van der Waals surface area (Å²) < 4.78 is 42.0. The van der Waals surface area contributed by atoms with Crippen LogP contribution < -0.4 is 0 Å². The molecule has 1 aromatic rings. The molecule has 0 heterocycles. The number of hydrogen-bond acceptors (Lipinski definition) is 2. The first-order chi connectivity index (χ1) is 10.4. The van der Waals surface area contributed by atoms with Crippen molar-refractivity contribution in [3.05, 3.63) is 47.2 Å². The summed E-state index contributed by atoms with van der Waals surface area (Å²) in [4.78, 5) is 11.1. The van der Waals surface area contributed by atoms with Gasteiger partial charge in [-0.25, -0.2) is 4.79 Å². The third-order valence-corrected chi connectivity index (χ3v) is 3.94. The first-order valence-corrected chi connectivity index (χ1v) is 7.49. The molecule has 0 aromatic heterocycles. The Labute approximate surface area is 128 Å². The molecule has 1 aromatic carbocycles. The Morgan fingerprint density at radius 3 is 2.41 bits per heavy atom. The van der Waals surface area contributed by atoms with Crippen molar-refractivity contribution in [2.75, 3.05) is 0 Å². The Kier molecular flexibility index (Phi) is 5.27. The molecule has 0 aliphatic heterocycles. The summed E-state index contributed by atoms with van der Waals surface area (Å²) in [5.74, 6) is -1.91. The van der Waals surface area contributed by atoms with Gasteiger partial charge in [-0.1, -0.05) is 37.3 Å². The lowest BCUT2D eigenvalue weighted by atomic mass is 9.82. The van der Waals surface area contributed by atoms with E-state index in [1.165, 1.54) is 0 Å². The van der Waals surface area contributed by atoms with Gasteiger partial charge in [0.2, 0.25) is 0 Å². The fourth-order valence-corrected chi connectivity index (χ4v) is 2.92. The number of halogens is 3. The number of carbonyl (C=O) groups is 1. The number of alkyl halides is 3. The van der Waals surface area contributed by atoms with E-state index >= 15 is 0 Å². The van der Waals surface area contributed by atoms with Crippen molar-refractivity contribution in [1.82, 2.24) is 0 Å². The highest BCUT2D eigenvalue weighted by Gasteiger charge is 2.42. The quantitative estimate of drug-likeness (QED) is 0.722. The number of benzene rings is 1. The van der Waals surface area contributed by atoms with Gasteiger partial charge in [-0.3, -0.25) is 0 Å². The molecule has 0 fully saturated rings. The number of carbonyl (C=O) groups excluding carboxylic acids is 1. The summed E-state index contributed by atoms with van der Waals surface area (Å²) >= 11 is 0. The molecule has 120 valence electrons. The summed E-state index contributed by atoms with van der Waals surface area (Å²) in [6.07, 6.45) is -1.48. The molecule has 0 saturated carbocycles. The van der Waals surface area contributed by atoms with Crippen molar-refractivity contribution in [3.8, 4) is 0 Å². The van der Waals surface area contributed by atoms with Gasteiger partial charge in [-0.2, -0.15) is 13.2 Å². The topological polar surface area (TPSA) is 26.3 Å². The molecule has 2 rings (SSSR count). The fourth-order valence-electron chi connectivity index (χ4n) is 2.92. The highest BCUT2D eigenvalue weighted by atomic mass is 19.4. The molecule has 0 bridgehead atoms.